The normalized spacial score (nSPS) is 22.2. The first-order valence-electron chi connectivity index (χ1n) is 11.6. The van der Waals surface area contributed by atoms with E-state index < -0.39 is 35.3 Å². The highest BCUT2D eigenvalue weighted by Crippen LogP contribution is 2.50. The summed E-state index contributed by atoms with van der Waals surface area (Å²) in [4.78, 5) is 43.2. The van der Waals surface area contributed by atoms with Gasteiger partial charge in [0.25, 0.3) is 0 Å². The molecular weight excluding hydrogens is 465 g/mol. The number of nitrogens with zero attached hydrogens (tertiary/aromatic N) is 1. The number of benzene rings is 2. The molecular formula is C28H24FNO4S. The predicted octanol–water partition coefficient (Wildman–Crippen LogP) is 5.60. The first-order chi connectivity index (χ1) is 17.0. The van der Waals surface area contributed by atoms with Crippen LogP contribution in [0.25, 0.3) is 0 Å². The Balaban J connectivity index is 1.73. The minimum absolute atomic E-state index is 0.0698. The number of ether oxygens (including phenoxy) is 1. The smallest absolute Gasteiger partial charge is 0.317 e. The number of carbonyl (C=O) groups excluding carboxylic acids is 3. The van der Waals surface area contributed by atoms with Crippen molar-refractivity contribution in [1.82, 2.24) is 0 Å². The maximum atomic E-state index is 14.9. The molecule has 2 aromatic carbocycles. The van der Waals surface area contributed by atoms with Crippen molar-refractivity contribution in [3.05, 3.63) is 99.6 Å². The summed E-state index contributed by atoms with van der Waals surface area (Å²) >= 11 is 1.46. The SMILES string of the molecule is CCOC(=O)[C@H]1C(=O)C2=C(C[C@H]1c1cccs1)N(c1ccccc1)C(=O)C[C@H]2c1ccccc1F. The Labute approximate surface area is 206 Å². The van der Waals surface area contributed by atoms with Gasteiger partial charge < -0.3 is 4.74 Å². The van der Waals surface area contributed by atoms with Crippen LogP contribution >= 0.6 is 11.3 Å². The van der Waals surface area contributed by atoms with Gasteiger partial charge in [-0.1, -0.05) is 42.5 Å². The fourth-order valence-electron chi connectivity index (χ4n) is 5.20. The van der Waals surface area contributed by atoms with Crippen LogP contribution in [0.1, 0.15) is 42.0 Å². The van der Waals surface area contributed by atoms with E-state index in [2.05, 4.69) is 0 Å². The van der Waals surface area contributed by atoms with E-state index in [0.29, 0.717) is 17.0 Å². The third-order valence-electron chi connectivity index (χ3n) is 6.67. The second-order valence-corrected chi connectivity index (χ2v) is 9.60. The molecule has 0 unspecified atom stereocenters. The lowest BCUT2D eigenvalue weighted by atomic mass is 9.69. The Morgan fingerprint density at radius 3 is 2.46 bits per heavy atom. The standard InChI is InChI=1S/C28H24FNO4S/c1-2-34-28(33)26-20(23-13-8-14-35-23)15-22-25(27(26)32)19(18-11-6-7-12-21(18)29)16-24(31)30(22)17-9-4-3-5-10-17/h3-14,19-20,26H,2,15-16H2,1H3/t19-,20-,26+/m0/s1. The number of halogens is 1. The monoisotopic (exact) mass is 489 g/mol. The molecule has 2 aliphatic rings. The van der Waals surface area contributed by atoms with Crippen molar-refractivity contribution in [2.24, 2.45) is 5.92 Å². The molecule has 35 heavy (non-hydrogen) atoms. The molecule has 0 bridgehead atoms. The molecule has 178 valence electrons. The zero-order chi connectivity index (χ0) is 24.5. The number of hydrogen-bond acceptors (Lipinski definition) is 5. The van der Waals surface area contributed by atoms with Crippen molar-refractivity contribution in [2.45, 2.75) is 31.6 Å². The molecule has 0 saturated heterocycles. The Morgan fingerprint density at radius 2 is 1.77 bits per heavy atom. The first kappa shape index (κ1) is 23.2. The first-order valence-corrected chi connectivity index (χ1v) is 12.5. The second kappa shape index (κ2) is 9.58. The number of thiophene rings is 1. The number of para-hydroxylation sites is 1. The molecule has 3 aromatic rings. The van der Waals surface area contributed by atoms with Crippen molar-refractivity contribution < 1.29 is 23.5 Å². The lowest BCUT2D eigenvalue weighted by molar-refractivity contribution is -0.152. The van der Waals surface area contributed by atoms with Crippen molar-refractivity contribution in [2.75, 3.05) is 11.5 Å². The number of anilines is 1. The zero-order valence-electron chi connectivity index (χ0n) is 19.1. The lowest BCUT2D eigenvalue weighted by Crippen LogP contribution is -2.46. The van der Waals surface area contributed by atoms with E-state index in [0.717, 1.165) is 4.88 Å². The van der Waals surface area contributed by atoms with E-state index in [-0.39, 0.29) is 30.9 Å². The molecule has 1 aliphatic carbocycles. The minimum Gasteiger partial charge on any atom is -0.465 e. The van der Waals surface area contributed by atoms with E-state index in [1.54, 1.807) is 30.0 Å². The zero-order valence-corrected chi connectivity index (χ0v) is 20.0. The lowest BCUT2D eigenvalue weighted by Gasteiger charge is -2.42. The van der Waals surface area contributed by atoms with Gasteiger partial charge in [0.2, 0.25) is 5.91 Å². The fraction of sp³-hybridized carbons (Fsp3) is 0.250. The van der Waals surface area contributed by atoms with Gasteiger partial charge in [0, 0.05) is 40.1 Å². The number of allylic oxidation sites excluding steroid dienone is 2. The molecule has 5 rings (SSSR count). The molecule has 0 saturated carbocycles. The number of esters is 1. The fourth-order valence-corrected chi connectivity index (χ4v) is 6.07. The van der Waals surface area contributed by atoms with Crippen LogP contribution in [-0.4, -0.2) is 24.3 Å². The van der Waals surface area contributed by atoms with Crippen molar-refractivity contribution in [3.63, 3.8) is 0 Å². The Bertz CT molecular complexity index is 1300. The number of amides is 1. The van der Waals surface area contributed by atoms with Gasteiger partial charge in [0.15, 0.2) is 5.78 Å². The van der Waals surface area contributed by atoms with Crippen LogP contribution in [0.5, 0.6) is 0 Å². The van der Waals surface area contributed by atoms with Crippen molar-refractivity contribution in [1.29, 1.82) is 0 Å². The molecule has 0 spiro atoms. The van der Waals surface area contributed by atoms with Gasteiger partial charge in [-0.25, -0.2) is 4.39 Å². The molecule has 1 aromatic heterocycles. The predicted molar refractivity (Wildman–Crippen MR) is 132 cm³/mol. The molecule has 3 atom stereocenters. The summed E-state index contributed by atoms with van der Waals surface area (Å²) in [6, 6.07) is 19.1. The molecule has 7 heteroatoms. The van der Waals surface area contributed by atoms with Gasteiger partial charge in [0.1, 0.15) is 11.7 Å². The van der Waals surface area contributed by atoms with E-state index in [9.17, 15) is 18.8 Å². The summed E-state index contributed by atoms with van der Waals surface area (Å²) in [5, 5.41) is 1.90. The van der Waals surface area contributed by atoms with Crippen molar-refractivity contribution >= 4 is 34.7 Å². The van der Waals surface area contributed by atoms with Crippen LogP contribution < -0.4 is 4.90 Å². The van der Waals surface area contributed by atoms with E-state index >= 15 is 0 Å². The van der Waals surface area contributed by atoms with Gasteiger partial charge in [-0.15, -0.1) is 11.3 Å². The van der Waals surface area contributed by atoms with Gasteiger partial charge in [-0.05, 0) is 48.6 Å². The number of rotatable bonds is 5. The molecule has 0 N–H and O–H groups in total. The van der Waals surface area contributed by atoms with Crippen LogP contribution in [0.3, 0.4) is 0 Å². The highest BCUT2D eigenvalue weighted by molar-refractivity contribution is 7.10. The van der Waals surface area contributed by atoms with Gasteiger partial charge in [0.05, 0.1) is 6.61 Å². The highest BCUT2D eigenvalue weighted by Gasteiger charge is 2.50. The molecule has 0 fully saturated rings. The van der Waals surface area contributed by atoms with Crippen molar-refractivity contribution in [3.8, 4) is 0 Å². The van der Waals surface area contributed by atoms with Crippen LogP contribution in [0.2, 0.25) is 0 Å². The average Bonchev–Trinajstić information content (AvgIpc) is 3.39. The molecule has 2 heterocycles. The second-order valence-electron chi connectivity index (χ2n) is 8.62. The topological polar surface area (TPSA) is 63.7 Å². The summed E-state index contributed by atoms with van der Waals surface area (Å²) in [7, 11) is 0. The average molecular weight is 490 g/mol. The van der Waals surface area contributed by atoms with E-state index in [4.69, 9.17) is 4.74 Å². The largest absolute Gasteiger partial charge is 0.465 e. The van der Waals surface area contributed by atoms with Crippen LogP contribution in [0.4, 0.5) is 10.1 Å². The Kier molecular flexibility index (Phi) is 6.34. The summed E-state index contributed by atoms with van der Waals surface area (Å²) in [6.07, 6.45) is 0.219. The quantitative estimate of drug-likeness (QED) is 0.346. The Morgan fingerprint density at radius 1 is 1.03 bits per heavy atom. The van der Waals surface area contributed by atoms with Crippen LogP contribution in [-0.2, 0) is 19.1 Å². The molecule has 1 amide bonds. The number of Topliss-reactive ketones (excluding diaryl/α,β-unsaturated/α-hetero) is 1. The summed E-state index contributed by atoms with van der Waals surface area (Å²) in [5.74, 6) is -3.97. The van der Waals surface area contributed by atoms with Gasteiger partial charge >= 0.3 is 5.97 Å². The summed E-state index contributed by atoms with van der Waals surface area (Å²) in [5.41, 5.74) is 1.78. The number of hydrogen-bond donors (Lipinski definition) is 0. The van der Waals surface area contributed by atoms with E-state index in [1.807, 2.05) is 47.8 Å². The Hall–Kier alpha value is -3.58. The molecule has 1 aliphatic heterocycles. The van der Waals surface area contributed by atoms with Gasteiger partial charge in [-0.2, -0.15) is 0 Å². The summed E-state index contributed by atoms with van der Waals surface area (Å²) in [6.45, 7) is 1.85. The maximum absolute atomic E-state index is 14.9. The highest BCUT2D eigenvalue weighted by atomic mass is 32.1. The third kappa shape index (κ3) is 4.10. The van der Waals surface area contributed by atoms with Crippen LogP contribution in [0, 0.1) is 11.7 Å². The molecule has 0 radical (unpaired) electrons. The van der Waals surface area contributed by atoms with Crippen LogP contribution in [0.15, 0.2) is 83.4 Å². The number of carbonyl (C=O) groups is 3. The van der Waals surface area contributed by atoms with Gasteiger partial charge in [-0.3, -0.25) is 19.3 Å². The van der Waals surface area contributed by atoms with E-state index in [1.165, 1.54) is 17.4 Å². The minimum atomic E-state index is -1.05. The molecule has 5 nitrogen and oxygen atoms in total. The summed E-state index contributed by atoms with van der Waals surface area (Å²) < 4.78 is 20.3. The number of ketones is 1. The maximum Gasteiger partial charge on any atom is 0.317 e. The third-order valence-corrected chi connectivity index (χ3v) is 7.67.